The normalized spacial score (nSPS) is 23.9. The number of nitrogens with zero attached hydrogens (tertiary/aromatic N) is 1. The quantitative estimate of drug-likeness (QED) is 0.575. The van der Waals surface area contributed by atoms with Crippen LogP contribution in [-0.4, -0.2) is 60.7 Å². The lowest BCUT2D eigenvalue weighted by molar-refractivity contribution is -0.128. The van der Waals surface area contributed by atoms with E-state index in [2.05, 4.69) is 28.7 Å². The number of amides is 2. The van der Waals surface area contributed by atoms with Crippen molar-refractivity contribution in [2.75, 3.05) is 38.7 Å². The zero-order chi connectivity index (χ0) is 21.9. The highest BCUT2D eigenvalue weighted by atomic mass is 35.5. The largest absolute Gasteiger partial charge is 0.387 e. The molecule has 2 aliphatic rings. The van der Waals surface area contributed by atoms with Crippen molar-refractivity contribution in [3.8, 4) is 0 Å². The molecule has 3 rings (SSSR count). The molecule has 1 aromatic rings. The molecular weight excluding hydrogens is 426 g/mol. The number of carbonyl (C=O) groups is 2. The standard InChI is InChI=1S/C21H26ClN3O4S/c1-13(30-14(2)22)19(27)24-21(7-9-29-12-21)20(28)23-16-5-4-15-6-8-25(3)11-18(26)17(15)10-16/h4-5,10,18,26H,1-2,6-9,11-12H2,3H3,(H,23,28)(H,24,27). The van der Waals surface area contributed by atoms with Crippen molar-refractivity contribution in [1.82, 2.24) is 10.2 Å². The van der Waals surface area contributed by atoms with Crippen LogP contribution in [-0.2, 0) is 20.7 Å². The fourth-order valence-electron chi connectivity index (χ4n) is 3.62. The van der Waals surface area contributed by atoms with E-state index < -0.39 is 17.6 Å². The zero-order valence-corrected chi connectivity index (χ0v) is 18.4. The molecule has 7 nitrogen and oxygen atoms in total. The number of nitrogens with one attached hydrogen (secondary N) is 2. The number of β-amino-alcohol motifs (C(OH)–C–C–N with tert-alkyl or cyclic N) is 1. The summed E-state index contributed by atoms with van der Waals surface area (Å²) >= 11 is 6.67. The summed E-state index contributed by atoms with van der Waals surface area (Å²) in [6.45, 7) is 9.02. The number of thioether (sulfide) groups is 1. The van der Waals surface area contributed by atoms with Gasteiger partial charge in [0, 0.05) is 31.8 Å². The van der Waals surface area contributed by atoms with Gasteiger partial charge in [-0.05, 0) is 36.7 Å². The van der Waals surface area contributed by atoms with E-state index in [0.717, 1.165) is 35.9 Å². The van der Waals surface area contributed by atoms with Gasteiger partial charge in [0.25, 0.3) is 11.8 Å². The van der Waals surface area contributed by atoms with E-state index in [4.69, 9.17) is 16.3 Å². The minimum atomic E-state index is -1.21. The summed E-state index contributed by atoms with van der Waals surface area (Å²) < 4.78 is 5.63. The maximum Gasteiger partial charge on any atom is 0.258 e. The molecule has 0 saturated carbocycles. The van der Waals surface area contributed by atoms with E-state index >= 15 is 0 Å². The SMILES string of the molecule is C=C(Cl)SC(=C)C(=O)NC1(C(=O)Nc2ccc3c(c2)C(O)CN(C)CC3)CCOC1. The molecule has 9 heteroatoms. The van der Waals surface area contributed by atoms with Crippen molar-refractivity contribution in [1.29, 1.82) is 0 Å². The van der Waals surface area contributed by atoms with Gasteiger partial charge in [-0.2, -0.15) is 0 Å². The van der Waals surface area contributed by atoms with Gasteiger partial charge in [-0.15, -0.1) is 0 Å². The first-order valence-electron chi connectivity index (χ1n) is 9.62. The maximum absolute atomic E-state index is 13.1. The Bertz CT molecular complexity index is 870. The van der Waals surface area contributed by atoms with Crippen molar-refractivity contribution < 1.29 is 19.4 Å². The minimum absolute atomic E-state index is 0.0582. The number of aliphatic hydroxyl groups is 1. The number of hydrogen-bond donors (Lipinski definition) is 3. The summed E-state index contributed by atoms with van der Waals surface area (Å²) in [6.07, 6.45) is 0.538. The van der Waals surface area contributed by atoms with Crippen LogP contribution in [0.3, 0.4) is 0 Å². The highest BCUT2D eigenvalue weighted by Gasteiger charge is 2.44. The molecule has 1 fully saturated rings. The first-order valence-corrected chi connectivity index (χ1v) is 10.8. The number of likely N-dealkylation sites (N-methyl/N-ethyl adjacent to an activating group) is 1. The van der Waals surface area contributed by atoms with Gasteiger partial charge in [-0.3, -0.25) is 9.59 Å². The Hall–Kier alpha value is -1.84. The number of hydrogen-bond acceptors (Lipinski definition) is 6. The first kappa shape index (κ1) is 22.8. The van der Waals surface area contributed by atoms with Crippen molar-refractivity contribution in [2.45, 2.75) is 24.5 Å². The second-order valence-electron chi connectivity index (χ2n) is 7.61. The fraction of sp³-hybridized carbons (Fsp3) is 0.429. The molecule has 0 aromatic heterocycles. The van der Waals surface area contributed by atoms with E-state index in [0.29, 0.717) is 25.3 Å². The van der Waals surface area contributed by atoms with E-state index in [1.54, 1.807) is 6.07 Å². The third kappa shape index (κ3) is 5.25. The van der Waals surface area contributed by atoms with Gasteiger partial charge in [0.15, 0.2) is 0 Å². The molecule has 2 amide bonds. The van der Waals surface area contributed by atoms with Gasteiger partial charge in [-0.1, -0.05) is 42.6 Å². The minimum Gasteiger partial charge on any atom is -0.387 e. The number of carbonyl (C=O) groups excluding carboxylic acids is 2. The number of rotatable bonds is 6. The molecule has 1 saturated heterocycles. The van der Waals surface area contributed by atoms with Crippen LogP contribution in [0.2, 0.25) is 0 Å². The van der Waals surface area contributed by atoms with Crippen molar-refractivity contribution in [3.05, 3.63) is 51.8 Å². The Morgan fingerprint density at radius 2 is 2.17 bits per heavy atom. The molecule has 2 heterocycles. The Morgan fingerprint density at radius 3 is 2.83 bits per heavy atom. The van der Waals surface area contributed by atoms with Gasteiger partial charge < -0.3 is 25.4 Å². The topological polar surface area (TPSA) is 90.9 Å². The Kier molecular flexibility index (Phi) is 7.26. The Morgan fingerprint density at radius 1 is 1.40 bits per heavy atom. The van der Waals surface area contributed by atoms with Crippen LogP contribution in [0.4, 0.5) is 5.69 Å². The van der Waals surface area contributed by atoms with E-state index in [9.17, 15) is 14.7 Å². The average molecular weight is 452 g/mol. The van der Waals surface area contributed by atoms with E-state index in [1.807, 2.05) is 19.2 Å². The molecule has 1 aromatic carbocycles. The van der Waals surface area contributed by atoms with Crippen LogP contribution >= 0.6 is 23.4 Å². The summed E-state index contributed by atoms with van der Waals surface area (Å²) in [7, 11) is 1.97. The van der Waals surface area contributed by atoms with Crippen LogP contribution in [0.5, 0.6) is 0 Å². The molecule has 0 aliphatic carbocycles. The lowest BCUT2D eigenvalue weighted by Gasteiger charge is -2.28. The number of fused-ring (bicyclic) bond motifs is 1. The summed E-state index contributed by atoms with van der Waals surface area (Å²) in [6, 6.07) is 5.54. The summed E-state index contributed by atoms with van der Waals surface area (Å²) in [5.41, 5.74) is 1.22. The van der Waals surface area contributed by atoms with Crippen LogP contribution < -0.4 is 10.6 Å². The molecule has 0 bridgehead atoms. The predicted octanol–water partition coefficient (Wildman–Crippen LogP) is 2.38. The third-order valence-corrected chi connectivity index (χ3v) is 6.19. The molecule has 2 aliphatic heterocycles. The summed E-state index contributed by atoms with van der Waals surface area (Å²) in [5, 5.41) is 16.1. The first-order chi connectivity index (χ1) is 14.2. The van der Waals surface area contributed by atoms with Crippen molar-refractivity contribution in [2.24, 2.45) is 0 Å². The number of ether oxygens (including phenoxy) is 1. The van der Waals surface area contributed by atoms with Crippen LogP contribution in [0.15, 0.2) is 40.6 Å². The fourth-order valence-corrected chi connectivity index (χ4v) is 4.31. The predicted molar refractivity (Wildman–Crippen MR) is 119 cm³/mol. The molecule has 30 heavy (non-hydrogen) atoms. The van der Waals surface area contributed by atoms with Crippen LogP contribution in [0.25, 0.3) is 0 Å². The van der Waals surface area contributed by atoms with E-state index in [1.165, 1.54) is 0 Å². The van der Waals surface area contributed by atoms with Crippen molar-refractivity contribution in [3.63, 3.8) is 0 Å². The third-order valence-electron chi connectivity index (χ3n) is 5.31. The van der Waals surface area contributed by atoms with Gasteiger partial charge in [0.05, 0.1) is 22.0 Å². The highest BCUT2D eigenvalue weighted by molar-refractivity contribution is 8.08. The van der Waals surface area contributed by atoms with Gasteiger partial charge in [0.2, 0.25) is 0 Å². The monoisotopic (exact) mass is 451 g/mol. The number of aliphatic hydroxyl groups excluding tert-OH is 1. The molecule has 0 radical (unpaired) electrons. The highest BCUT2D eigenvalue weighted by Crippen LogP contribution is 2.29. The Labute approximate surface area is 185 Å². The van der Waals surface area contributed by atoms with Crippen LogP contribution in [0, 0.1) is 0 Å². The summed E-state index contributed by atoms with van der Waals surface area (Å²) in [4.78, 5) is 27.8. The average Bonchev–Trinajstić information content (AvgIpc) is 3.10. The second-order valence-corrected chi connectivity index (χ2v) is 9.49. The lowest BCUT2D eigenvalue weighted by atomic mass is 9.96. The molecular formula is C21H26ClN3O4S. The lowest BCUT2D eigenvalue weighted by Crippen LogP contribution is -2.57. The van der Waals surface area contributed by atoms with Gasteiger partial charge in [0.1, 0.15) is 5.54 Å². The zero-order valence-electron chi connectivity index (χ0n) is 16.9. The Balaban J connectivity index is 1.76. The van der Waals surface area contributed by atoms with Gasteiger partial charge in [-0.25, -0.2) is 0 Å². The summed E-state index contributed by atoms with van der Waals surface area (Å²) in [5.74, 6) is -0.876. The second kappa shape index (κ2) is 9.53. The smallest absolute Gasteiger partial charge is 0.258 e. The molecule has 2 unspecified atom stereocenters. The van der Waals surface area contributed by atoms with Gasteiger partial charge >= 0.3 is 0 Å². The van der Waals surface area contributed by atoms with Crippen LogP contribution in [0.1, 0.15) is 23.7 Å². The van der Waals surface area contributed by atoms with Crippen molar-refractivity contribution >= 4 is 40.9 Å². The molecule has 2 atom stereocenters. The molecule has 162 valence electrons. The number of benzene rings is 1. The number of halogens is 1. The van der Waals surface area contributed by atoms with E-state index in [-0.39, 0.29) is 21.8 Å². The molecule has 3 N–H and O–H groups in total. The number of anilines is 1. The molecule has 0 spiro atoms. The maximum atomic E-state index is 13.1.